The molecule has 3 nitrogen and oxygen atoms in total. The van der Waals surface area contributed by atoms with Gasteiger partial charge in [-0.3, -0.25) is 0 Å². The van der Waals surface area contributed by atoms with E-state index in [0.29, 0.717) is 12.4 Å². The van der Waals surface area contributed by atoms with Crippen LogP contribution in [0.15, 0.2) is 73.1 Å². The van der Waals surface area contributed by atoms with E-state index in [2.05, 4.69) is 21.8 Å². The highest BCUT2D eigenvalue weighted by Crippen LogP contribution is 2.18. The Balaban J connectivity index is 1.49. The van der Waals surface area contributed by atoms with E-state index in [0.717, 1.165) is 39.4 Å². The molecular weight excluding hydrogens is 363 g/mol. The highest BCUT2D eigenvalue weighted by Gasteiger charge is 2.02. The van der Waals surface area contributed by atoms with Crippen LogP contribution in [0.25, 0.3) is 22.2 Å². The van der Waals surface area contributed by atoms with E-state index < -0.39 is 0 Å². The van der Waals surface area contributed by atoms with Crippen LogP contribution in [-0.4, -0.2) is 23.7 Å². The van der Waals surface area contributed by atoms with Crippen LogP contribution in [0.2, 0.25) is 0 Å². The van der Waals surface area contributed by atoms with Gasteiger partial charge in [0.05, 0.1) is 6.61 Å². The standard InChI is InChI=1S/C25H19FN2O/c1-29-13-12-20-16-27-25(28-17-20)21-7-4-18(5-8-21)2-3-19-6-9-23-15-24(26)11-10-22(23)14-19/h4-11,14-17H,12-13H2,1H3. The van der Waals surface area contributed by atoms with Crippen molar-refractivity contribution >= 4 is 10.8 Å². The van der Waals surface area contributed by atoms with Crippen molar-refractivity contribution < 1.29 is 9.13 Å². The number of aromatic nitrogens is 2. The molecule has 0 radical (unpaired) electrons. The number of methoxy groups -OCH3 is 1. The van der Waals surface area contributed by atoms with E-state index >= 15 is 0 Å². The summed E-state index contributed by atoms with van der Waals surface area (Å²) >= 11 is 0. The Hall–Kier alpha value is -3.55. The molecule has 29 heavy (non-hydrogen) atoms. The minimum absolute atomic E-state index is 0.231. The Morgan fingerprint density at radius 3 is 2.24 bits per heavy atom. The monoisotopic (exact) mass is 382 g/mol. The first-order valence-electron chi connectivity index (χ1n) is 9.33. The van der Waals surface area contributed by atoms with Gasteiger partial charge in [0.2, 0.25) is 0 Å². The molecule has 1 heterocycles. The fourth-order valence-electron chi connectivity index (χ4n) is 2.99. The van der Waals surface area contributed by atoms with Crippen LogP contribution in [0.3, 0.4) is 0 Å². The lowest BCUT2D eigenvalue weighted by Crippen LogP contribution is -1.97. The van der Waals surface area contributed by atoms with Crippen molar-refractivity contribution in [1.82, 2.24) is 9.97 Å². The summed E-state index contributed by atoms with van der Waals surface area (Å²) in [6.45, 7) is 0.657. The molecule has 142 valence electrons. The Kier molecular flexibility index (Phi) is 5.60. The topological polar surface area (TPSA) is 35.0 Å². The molecule has 1 aromatic heterocycles. The molecule has 0 aliphatic heterocycles. The van der Waals surface area contributed by atoms with Crippen LogP contribution < -0.4 is 0 Å². The molecule has 0 aliphatic rings. The number of hydrogen-bond acceptors (Lipinski definition) is 3. The van der Waals surface area contributed by atoms with Crippen molar-refractivity contribution in [3.63, 3.8) is 0 Å². The molecule has 0 aliphatic carbocycles. The van der Waals surface area contributed by atoms with Crippen molar-refractivity contribution in [2.75, 3.05) is 13.7 Å². The second-order valence-electron chi connectivity index (χ2n) is 6.69. The highest BCUT2D eigenvalue weighted by atomic mass is 19.1. The third-order valence-electron chi connectivity index (χ3n) is 4.60. The van der Waals surface area contributed by atoms with E-state index in [4.69, 9.17) is 4.74 Å². The normalized spacial score (nSPS) is 10.6. The molecule has 0 saturated heterocycles. The average molecular weight is 382 g/mol. The van der Waals surface area contributed by atoms with Gasteiger partial charge in [0, 0.05) is 36.2 Å². The van der Waals surface area contributed by atoms with E-state index in [1.54, 1.807) is 13.2 Å². The molecule has 4 aromatic rings. The van der Waals surface area contributed by atoms with Gasteiger partial charge in [-0.05, 0) is 71.3 Å². The van der Waals surface area contributed by atoms with Crippen LogP contribution >= 0.6 is 0 Å². The zero-order chi connectivity index (χ0) is 20.1. The van der Waals surface area contributed by atoms with Gasteiger partial charge in [0.25, 0.3) is 0 Å². The quantitative estimate of drug-likeness (QED) is 0.465. The summed E-state index contributed by atoms with van der Waals surface area (Å²) < 4.78 is 18.4. The number of halogens is 1. The van der Waals surface area contributed by atoms with Gasteiger partial charge in [-0.15, -0.1) is 0 Å². The number of hydrogen-bond donors (Lipinski definition) is 0. The Morgan fingerprint density at radius 2 is 1.48 bits per heavy atom. The summed E-state index contributed by atoms with van der Waals surface area (Å²) in [6, 6.07) is 18.4. The Morgan fingerprint density at radius 1 is 0.828 bits per heavy atom. The molecule has 0 amide bonds. The zero-order valence-electron chi connectivity index (χ0n) is 16.0. The first-order valence-corrected chi connectivity index (χ1v) is 9.33. The number of nitrogens with zero attached hydrogens (tertiary/aromatic N) is 2. The molecular formula is C25H19FN2O. The van der Waals surface area contributed by atoms with E-state index in [1.807, 2.05) is 54.9 Å². The van der Waals surface area contributed by atoms with Gasteiger partial charge >= 0.3 is 0 Å². The number of rotatable bonds is 4. The minimum atomic E-state index is -0.231. The van der Waals surface area contributed by atoms with Gasteiger partial charge in [-0.2, -0.15) is 0 Å². The molecule has 0 spiro atoms. The molecule has 0 fully saturated rings. The molecule has 4 rings (SSSR count). The van der Waals surface area contributed by atoms with E-state index in [1.165, 1.54) is 12.1 Å². The van der Waals surface area contributed by atoms with Crippen LogP contribution in [0, 0.1) is 17.7 Å². The van der Waals surface area contributed by atoms with Crippen LogP contribution in [-0.2, 0) is 11.2 Å². The van der Waals surface area contributed by atoms with Crippen molar-refractivity contribution in [1.29, 1.82) is 0 Å². The third-order valence-corrected chi connectivity index (χ3v) is 4.60. The minimum Gasteiger partial charge on any atom is -0.384 e. The second kappa shape index (κ2) is 8.64. The van der Waals surface area contributed by atoms with Crippen LogP contribution in [0.1, 0.15) is 16.7 Å². The second-order valence-corrected chi connectivity index (χ2v) is 6.69. The summed E-state index contributed by atoms with van der Waals surface area (Å²) in [5.74, 6) is 6.79. The summed E-state index contributed by atoms with van der Waals surface area (Å²) in [5, 5.41) is 1.84. The predicted octanol–water partition coefficient (Wildman–Crippen LogP) is 5.02. The molecule has 3 aromatic carbocycles. The van der Waals surface area contributed by atoms with Crippen molar-refractivity contribution in [3.05, 3.63) is 95.6 Å². The van der Waals surface area contributed by atoms with Crippen LogP contribution in [0.5, 0.6) is 0 Å². The van der Waals surface area contributed by atoms with Crippen molar-refractivity contribution in [2.24, 2.45) is 0 Å². The number of ether oxygens (including phenoxy) is 1. The van der Waals surface area contributed by atoms with E-state index in [9.17, 15) is 4.39 Å². The fourth-order valence-corrected chi connectivity index (χ4v) is 2.99. The van der Waals surface area contributed by atoms with Crippen molar-refractivity contribution in [3.8, 4) is 23.2 Å². The molecule has 0 bridgehead atoms. The molecule has 0 unspecified atom stereocenters. The maximum atomic E-state index is 13.3. The van der Waals surface area contributed by atoms with Gasteiger partial charge in [-0.1, -0.05) is 24.0 Å². The fraction of sp³-hybridized carbons (Fsp3) is 0.120. The molecule has 0 atom stereocenters. The van der Waals surface area contributed by atoms with Crippen LogP contribution in [0.4, 0.5) is 4.39 Å². The van der Waals surface area contributed by atoms with Crippen molar-refractivity contribution in [2.45, 2.75) is 6.42 Å². The maximum absolute atomic E-state index is 13.3. The Labute approximate surface area is 169 Å². The number of fused-ring (bicyclic) bond motifs is 1. The lowest BCUT2D eigenvalue weighted by molar-refractivity contribution is 0.202. The average Bonchev–Trinajstić information content (AvgIpc) is 2.77. The molecule has 0 N–H and O–H groups in total. The van der Waals surface area contributed by atoms with Gasteiger partial charge < -0.3 is 4.74 Å². The summed E-state index contributed by atoms with van der Waals surface area (Å²) in [7, 11) is 1.68. The molecule has 0 saturated carbocycles. The smallest absolute Gasteiger partial charge is 0.159 e. The van der Waals surface area contributed by atoms with E-state index in [-0.39, 0.29) is 5.82 Å². The van der Waals surface area contributed by atoms with Gasteiger partial charge in [-0.25, -0.2) is 14.4 Å². The number of benzene rings is 3. The summed E-state index contributed by atoms with van der Waals surface area (Å²) in [4.78, 5) is 8.86. The lowest BCUT2D eigenvalue weighted by atomic mass is 10.1. The summed E-state index contributed by atoms with van der Waals surface area (Å²) in [6.07, 6.45) is 4.47. The highest BCUT2D eigenvalue weighted by molar-refractivity contribution is 5.84. The predicted molar refractivity (Wildman–Crippen MR) is 113 cm³/mol. The Bertz CT molecular complexity index is 1190. The first-order chi connectivity index (χ1) is 14.2. The lowest BCUT2D eigenvalue weighted by Gasteiger charge is -2.03. The zero-order valence-corrected chi connectivity index (χ0v) is 16.0. The van der Waals surface area contributed by atoms with Gasteiger partial charge in [0.1, 0.15) is 5.82 Å². The largest absolute Gasteiger partial charge is 0.384 e. The first kappa shape index (κ1) is 18.8. The third kappa shape index (κ3) is 4.66. The van der Waals surface area contributed by atoms with Gasteiger partial charge in [0.15, 0.2) is 5.82 Å². The summed E-state index contributed by atoms with van der Waals surface area (Å²) in [5.41, 5.74) is 3.80. The molecule has 4 heteroatoms. The SMILES string of the molecule is COCCc1cnc(-c2ccc(C#Cc3ccc4cc(F)ccc4c3)cc2)nc1. The maximum Gasteiger partial charge on any atom is 0.159 e.